The fourth-order valence-electron chi connectivity index (χ4n) is 2.21. The van der Waals surface area contributed by atoms with E-state index in [9.17, 15) is 4.79 Å². The summed E-state index contributed by atoms with van der Waals surface area (Å²) in [7, 11) is 0. The number of aromatic nitrogens is 1. The topological polar surface area (TPSA) is 59.2 Å². The van der Waals surface area contributed by atoms with E-state index < -0.39 is 0 Å². The minimum absolute atomic E-state index is 0.0612. The van der Waals surface area contributed by atoms with E-state index in [2.05, 4.69) is 4.98 Å². The zero-order valence-electron chi connectivity index (χ0n) is 12.3. The molecule has 0 saturated heterocycles. The SMILES string of the molecule is Cc1cccnc1CC(=O)N(CCN)Cc1ccccc1. The lowest BCUT2D eigenvalue weighted by molar-refractivity contribution is -0.131. The van der Waals surface area contributed by atoms with E-state index in [0.29, 0.717) is 26.1 Å². The fourth-order valence-corrected chi connectivity index (χ4v) is 2.21. The Balaban J connectivity index is 2.07. The third-order valence-corrected chi connectivity index (χ3v) is 3.40. The molecule has 0 radical (unpaired) electrons. The molecule has 0 aliphatic rings. The molecule has 4 heteroatoms. The predicted molar refractivity (Wildman–Crippen MR) is 83.6 cm³/mol. The van der Waals surface area contributed by atoms with E-state index >= 15 is 0 Å². The van der Waals surface area contributed by atoms with E-state index in [1.54, 1.807) is 11.1 Å². The molecule has 0 unspecified atom stereocenters. The van der Waals surface area contributed by atoms with Gasteiger partial charge in [-0.05, 0) is 24.1 Å². The van der Waals surface area contributed by atoms with Crippen molar-refractivity contribution >= 4 is 5.91 Å². The normalized spacial score (nSPS) is 10.4. The number of hydrogen-bond donors (Lipinski definition) is 1. The maximum absolute atomic E-state index is 12.5. The zero-order valence-corrected chi connectivity index (χ0v) is 12.3. The van der Waals surface area contributed by atoms with Gasteiger partial charge in [-0.3, -0.25) is 9.78 Å². The summed E-state index contributed by atoms with van der Waals surface area (Å²) in [4.78, 5) is 18.6. The van der Waals surface area contributed by atoms with E-state index in [4.69, 9.17) is 5.73 Å². The van der Waals surface area contributed by atoms with Crippen LogP contribution in [0.15, 0.2) is 48.7 Å². The molecular formula is C17H21N3O. The first-order chi connectivity index (χ1) is 10.2. The molecule has 0 fully saturated rings. The maximum Gasteiger partial charge on any atom is 0.228 e. The van der Waals surface area contributed by atoms with Crippen LogP contribution >= 0.6 is 0 Å². The highest BCUT2D eigenvalue weighted by Crippen LogP contribution is 2.09. The van der Waals surface area contributed by atoms with Crippen LogP contribution < -0.4 is 5.73 Å². The second-order valence-electron chi connectivity index (χ2n) is 5.03. The molecule has 1 heterocycles. The van der Waals surface area contributed by atoms with Crippen molar-refractivity contribution in [1.82, 2.24) is 9.88 Å². The van der Waals surface area contributed by atoms with Crippen LogP contribution in [0.4, 0.5) is 0 Å². The number of carbonyl (C=O) groups is 1. The van der Waals surface area contributed by atoms with Gasteiger partial charge in [-0.25, -0.2) is 0 Å². The molecule has 1 amide bonds. The molecule has 1 aromatic heterocycles. The first kappa shape index (κ1) is 15.2. The van der Waals surface area contributed by atoms with Crippen molar-refractivity contribution in [2.75, 3.05) is 13.1 Å². The van der Waals surface area contributed by atoms with Crippen LogP contribution in [0.1, 0.15) is 16.8 Å². The van der Waals surface area contributed by atoms with Gasteiger partial charge < -0.3 is 10.6 Å². The molecule has 0 atom stereocenters. The molecule has 0 bridgehead atoms. The number of pyridine rings is 1. The van der Waals surface area contributed by atoms with Crippen LogP contribution in [0.5, 0.6) is 0 Å². The number of nitrogens with zero attached hydrogens (tertiary/aromatic N) is 2. The van der Waals surface area contributed by atoms with Gasteiger partial charge in [0.15, 0.2) is 0 Å². The van der Waals surface area contributed by atoms with Gasteiger partial charge in [0.1, 0.15) is 0 Å². The average Bonchev–Trinajstić information content (AvgIpc) is 2.50. The number of carbonyl (C=O) groups excluding carboxylic acids is 1. The standard InChI is InChI=1S/C17H21N3O/c1-14-6-5-10-19-16(14)12-17(21)20(11-9-18)13-15-7-3-2-4-8-15/h2-8,10H,9,11-13,18H2,1H3. The highest BCUT2D eigenvalue weighted by atomic mass is 16.2. The summed E-state index contributed by atoms with van der Waals surface area (Å²) in [6.45, 7) is 3.57. The molecule has 4 nitrogen and oxygen atoms in total. The summed E-state index contributed by atoms with van der Waals surface area (Å²) in [6.07, 6.45) is 2.04. The van der Waals surface area contributed by atoms with Crippen LogP contribution in [0, 0.1) is 6.92 Å². The van der Waals surface area contributed by atoms with E-state index in [1.165, 1.54) is 0 Å². The zero-order chi connectivity index (χ0) is 15.1. The van der Waals surface area contributed by atoms with Gasteiger partial charge in [0.25, 0.3) is 0 Å². The van der Waals surface area contributed by atoms with Crippen LogP contribution in [-0.4, -0.2) is 28.9 Å². The molecular weight excluding hydrogens is 262 g/mol. The number of hydrogen-bond acceptors (Lipinski definition) is 3. The number of nitrogens with two attached hydrogens (primary N) is 1. The van der Waals surface area contributed by atoms with Gasteiger partial charge in [-0.15, -0.1) is 0 Å². The van der Waals surface area contributed by atoms with Gasteiger partial charge in [0.05, 0.1) is 12.1 Å². The molecule has 0 aliphatic heterocycles. The molecule has 110 valence electrons. The summed E-state index contributed by atoms with van der Waals surface area (Å²) < 4.78 is 0. The van der Waals surface area contributed by atoms with Crippen molar-refractivity contribution in [3.05, 3.63) is 65.5 Å². The molecule has 2 aromatic rings. The number of rotatable bonds is 6. The van der Waals surface area contributed by atoms with Crippen molar-refractivity contribution in [3.63, 3.8) is 0 Å². The fraction of sp³-hybridized carbons (Fsp3) is 0.294. The second-order valence-corrected chi connectivity index (χ2v) is 5.03. The van der Waals surface area contributed by atoms with Crippen LogP contribution in [0.25, 0.3) is 0 Å². The maximum atomic E-state index is 12.5. The van der Waals surface area contributed by atoms with Crippen molar-refractivity contribution < 1.29 is 4.79 Å². The highest BCUT2D eigenvalue weighted by molar-refractivity contribution is 5.78. The van der Waals surface area contributed by atoms with Crippen molar-refractivity contribution in [3.8, 4) is 0 Å². The molecule has 2 rings (SSSR count). The minimum Gasteiger partial charge on any atom is -0.337 e. The number of amides is 1. The van der Waals surface area contributed by atoms with Crippen molar-refractivity contribution in [2.24, 2.45) is 5.73 Å². The van der Waals surface area contributed by atoms with Gasteiger partial charge >= 0.3 is 0 Å². The van der Waals surface area contributed by atoms with Gasteiger partial charge in [-0.2, -0.15) is 0 Å². The lowest BCUT2D eigenvalue weighted by atomic mass is 10.1. The van der Waals surface area contributed by atoms with E-state index in [0.717, 1.165) is 16.8 Å². The Labute approximate surface area is 125 Å². The Hall–Kier alpha value is -2.20. The van der Waals surface area contributed by atoms with Gasteiger partial charge in [-0.1, -0.05) is 36.4 Å². The first-order valence-electron chi connectivity index (χ1n) is 7.13. The Bertz CT molecular complexity index is 584. The number of aryl methyl sites for hydroxylation is 1. The molecule has 1 aromatic carbocycles. The summed E-state index contributed by atoms with van der Waals surface area (Å²) in [5.41, 5.74) is 8.61. The highest BCUT2D eigenvalue weighted by Gasteiger charge is 2.15. The number of benzene rings is 1. The van der Waals surface area contributed by atoms with Crippen LogP contribution in [0.3, 0.4) is 0 Å². The molecule has 2 N–H and O–H groups in total. The third kappa shape index (κ3) is 4.39. The Morgan fingerprint density at radius 1 is 1.19 bits per heavy atom. The Kier molecular flexibility index (Phi) is 5.46. The smallest absolute Gasteiger partial charge is 0.228 e. The Morgan fingerprint density at radius 3 is 2.62 bits per heavy atom. The van der Waals surface area contributed by atoms with Gasteiger partial charge in [0, 0.05) is 25.8 Å². The first-order valence-corrected chi connectivity index (χ1v) is 7.13. The quantitative estimate of drug-likeness (QED) is 0.881. The third-order valence-electron chi connectivity index (χ3n) is 3.40. The summed E-state index contributed by atoms with van der Waals surface area (Å²) in [5.74, 6) is 0.0612. The molecule has 0 spiro atoms. The monoisotopic (exact) mass is 283 g/mol. The summed E-state index contributed by atoms with van der Waals surface area (Å²) >= 11 is 0. The molecule has 21 heavy (non-hydrogen) atoms. The van der Waals surface area contributed by atoms with E-state index in [-0.39, 0.29) is 5.91 Å². The Morgan fingerprint density at radius 2 is 1.95 bits per heavy atom. The summed E-state index contributed by atoms with van der Waals surface area (Å²) in [6, 6.07) is 13.8. The van der Waals surface area contributed by atoms with E-state index in [1.807, 2.05) is 49.4 Å². The predicted octanol–water partition coefficient (Wildman–Crippen LogP) is 1.92. The lowest BCUT2D eigenvalue weighted by Gasteiger charge is -2.22. The molecule has 0 saturated carbocycles. The minimum atomic E-state index is 0.0612. The van der Waals surface area contributed by atoms with Crippen molar-refractivity contribution in [1.29, 1.82) is 0 Å². The average molecular weight is 283 g/mol. The molecule has 0 aliphatic carbocycles. The van der Waals surface area contributed by atoms with Crippen LogP contribution in [0.2, 0.25) is 0 Å². The second kappa shape index (κ2) is 7.55. The summed E-state index contributed by atoms with van der Waals surface area (Å²) in [5, 5.41) is 0. The van der Waals surface area contributed by atoms with Crippen LogP contribution in [-0.2, 0) is 17.8 Å². The largest absolute Gasteiger partial charge is 0.337 e. The van der Waals surface area contributed by atoms with Crippen molar-refractivity contribution in [2.45, 2.75) is 19.9 Å². The van der Waals surface area contributed by atoms with Gasteiger partial charge in [0.2, 0.25) is 5.91 Å². The lowest BCUT2D eigenvalue weighted by Crippen LogP contribution is -2.36.